The van der Waals surface area contributed by atoms with Gasteiger partial charge in [0.05, 0.1) is 19.1 Å². The van der Waals surface area contributed by atoms with Crippen LogP contribution in [0.4, 0.5) is 5.69 Å². The summed E-state index contributed by atoms with van der Waals surface area (Å²) in [6.07, 6.45) is 1.91. The molecule has 1 atom stereocenters. The minimum Gasteiger partial charge on any atom is -0.497 e. The Labute approximate surface area is 231 Å². The Bertz CT molecular complexity index is 1230. The number of carbonyl (C=O) groups is 2. The molecule has 11 heteroatoms. The van der Waals surface area contributed by atoms with Crippen LogP contribution < -0.4 is 23.8 Å². The number of carbonyl (C=O) groups excluding carboxylic acids is 2. The van der Waals surface area contributed by atoms with E-state index < -0.39 is 16.1 Å². The number of ether oxygens (including phenoxy) is 3. The number of fused-ring (bicyclic) bond motifs is 1. The van der Waals surface area contributed by atoms with E-state index in [1.807, 2.05) is 45.0 Å². The van der Waals surface area contributed by atoms with Crippen LogP contribution in [0.1, 0.15) is 45.6 Å². The van der Waals surface area contributed by atoms with Gasteiger partial charge in [-0.05, 0) is 48.6 Å². The number of amides is 2. The van der Waals surface area contributed by atoms with Crippen LogP contribution in [0.5, 0.6) is 17.2 Å². The summed E-state index contributed by atoms with van der Waals surface area (Å²) in [4.78, 5) is 28.2. The van der Waals surface area contributed by atoms with E-state index in [9.17, 15) is 18.0 Å². The minimum atomic E-state index is -3.62. The second kappa shape index (κ2) is 13.5. The van der Waals surface area contributed by atoms with Crippen molar-refractivity contribution in [3.05, 3.63) is 48.0 Å². The number of benzene rings is 2. The molecule has 1 N–H and O–H groups in total. The van der Waals surface area contributed by atoms with Crippen molar-refractivity contribution >= 4 is 27.5 Å². The van der Waals surface area contributed by atoms with Gasteiger partial charge in [0.2, 0.25) is 28.6 Å². The third-order valence-corrected chi connectivity index (χ3v) is 7.57. The van der Waals surface area contributed by atoms with Crippen LogP contribution >= 0.6 is 0 Å². The van der Waals surface area contributed by atoms with E-state index in [1.165, 1.54) is 4.31 Å². The molecule has 2 amide bonds. The Morgan fingerprint density at radius 1 is 1.08 bits per heavy atom. The van der Waals surface area contributed by atoms with Gasteiger partial charge in [0.15, 0.2) is 11.5 Å². The van der Waals surface area contributed by atoms with Crippen molar-refractivity contribution in [2.45, 2.75) is 52.6 Å². The molecule has 0 aromatic heterocycles. The van der Waals surface area contributed by atoms with Crippen molar-refractivity contribution in [1.29, 1.82) is 0 Å². The molecule has 0 spiro atoms. The molecule has 39 heavy (non-hydrogen) atoms. The summed E-state index contributed by atoms with van der Waals surface area (Å²) >= 11 is 0. The molecular weight excluding hydrogens is 522 g/mol. The monoisotopic (exact) mass is 561 g/mol. The van der Waals surface area contributed by atoms with Crippen LogP contribution in [-0.4, -0.2) is 64.4 Å². The van der Waals surface area contributed by atoms with E-state index in [0.29, 0.717) is 35.9 Å². The maximum Gasteiger partial charge on any atom is 0.242 e. The highest BCUT2D eigenvalue weighted by Gasteiger charge is 2.29. The largest absolute Gasteiger partial charge is 0.497 e. The van der Waals surface area contributed by atoms with Gasteiger partial charge in [0.25, 0.3) is 0 Å². The summed E-state index contributed by atoms with van der Waals surface area (Å²) in [7, 11) is -2.04. The Hall–Kier alpha value is -3.47. The quantitative estimate of drug-likeness (QED) is 0.375. The van der Waals surface area contributed by atoms with Crippen molar-refractivity contribution < 1.29 is 32.2 Å². The van der Waals surface area contributed by atoms with E-state index in [-0.39, 0.29) is 50.5 Å². The fourth-order valence-corrected chi connectivity index (χ4v) is 5.27. The highest BCUT2D eigenvalue weighted by Crippen LogP contribution is 2.36. The number of sulfonamides is 1. The van der Waals surface area contributed by atoms with E-state index in [2.05, 4.69) is 5.32 Å². The molecule has 2 aromatic rings. The van der Waals surface area contributed by atoms with Gasteiger partial charge in [-0.1, -0.05) is 32.9 Å². The molecular formula is C28H39N3O7S. The van der Waals surface area contributed by atoms with Crippen LogP contribution in [0.15, 0.2) is 42.5 Å². The zero-order valence-electron chi connectivity index (χ0n) is 23.3. The van der Waals surface area contributed by atoms with Crippen molar-refractivity contribution in [3.63, 3.8) is 0 Å². The van der Waals surface area contributed by atoms with Crippen LogP contribution in [0.2, 0.25) is 0 Å². The molecule has 0 radical (unpaired) electrons. The van der Waals surface area contributed by atoms with Crippen LogP contribution in [-0.2, 0) is 26.2 Å². The van der Waals surface area contributed by atoms with Crippen LogP contribution in [0, 0.1) is 5.92 Å². The van der Waals surface area contributed by atoms with Gasteiger partial charge in [-0.25, -0.2) is 8.42 Å². The highest BCUT2D eigenvalue weighted by atomic mass is 32.2. The predicted molar refractivity (Wildman–Crippen MR) is 149 cm³/mol. The van der Waals surface area contributed by atoms with Crippen LogP contribution in [0.25, 0.3) is 0 Å². The van der Waals surface area contributed by atoms with Crippen molar-refractivity contribution in [3.8, 4) is 17.2 Å². The van der Waals surface area contributed by atoms with Crippen LogP contribution in [0.3, 0.4) is 0 Å². The number of nitrogens with one attached hydrogen (secondary N) is 1. The number of rotatable bonds is 14. The molecule has 1 heterocycles. The zero-order chi connectivity index (χ0) is 28.6. The molecule has 214 valence electrons. The lowest BCUT2D eigenvalue weighted by Gasteiger charge is -2.31. The fraction of sp³-hybridized carbons (Fsp3) is 0.500. The standard InChI is InChI=1S/C28H39N3O7S/c1-6-24(28(33)29-17-20(2)3)30(18-21-9-12-23(36-4)13-10-21)27(32)8-7-15-31(39(5,34)35)22-11-14-25-26(16-22)38-19-37-25/h9-14,16,20,24H,6-8,15,17-19H2,1-5H3,(H,29,33)/t24-/m0/s1. The summed E-state index contributed by atoms with van der Waals surface area (Å²) in [5, 5.41) is 2.95. The molecule has 2 aromatic carbocycles. The fourth-order valence-electron chi connectivity index (χ4n) is 4.31. The number of hydrogen-bond donors (Lipinski definition) is 1. The number of nitrogens with zero attached hydrogens (tertiary/aromatic N) is 2. The minimum absolute atomic E-state index is 0.0701. The third kappa shape index (κ3) is 8.26. The first-order valence-corrected chi connectivity index (χ1v) is 15.0. The number of anilines is 1. The lowest BCUT2D eigenvalue weighted by Crippen LogP contribution is -2.49. The molecule has 1 aliphatic heterocycles. The second-order valence-corrected chi connectivity index (χ2v) is 11.8. The van der Waals surface area contributed by atoms with Gasteiger partial charge >= 0.3 is 0 Å². The van der Waals surface area contributed by atoms with Gasteiger partial charge in [-0.15, -0.1) is 0 Å². The lowest BCUT2D eigenvalue weighted by atomic mass is 10.1. The number of methoxy groups -OCH3 is 1. The molecule has 0 bridgehead atoms. The summed E-state index contributed by atoms with van der Waals surface area (Å²) in [6, 6.07) is 11.6. The van der Waals surface area contributed by atoms with Crippen molar-refractivity contribution in [2.24, 2.45) is 5.92 Å². The smallest absolute Gasteiger partial charge is 0.242 e. The Kier molecular flexibility index (Phi) is 10.4. The third-order valence-electron chi connectivity index (χ3n) is 6.38. The van der Waals surface area contributed by atoms with Gasteiger partial charge in [-0.3, -0.25) is 13.9 Å². The molecule has 0 saturated carbocycles. The molecule has 0 aliphatic carbocycles. The van der Waals surface area contributed by atoms with Crippen molar-refractivity contribution in [2.75, 3.05) is 37.6 Å². The Morgan fingerprint density at radius 3 is 2.38 bits per heavy atom. The summed E-state index contributed by atoms with van der Waals surface area (Å²) in [6.45, 7) is 6.83. The predicted octanol–water partition coefficient (Wildman–Crippen LogP) is 3.55. The van der Waals surface area contributed by atoms with E-state index in [4.69, 9.17) is 14.2 Å². The first-order valence-electron chi connectivity index (χ1n) is 13.1. The average Bonchev–Trinajstić information content (AvgIpc) is 3.37. The molecule has 0 unspecified atom stereocenters. The second-order valence-electron chi connectivity index (χ2n) is 9.91. The molecule has 10 nitrogen and oxygen atoms in total. The van der Waals surface area contributed by atoms with Crippen molar-refractivity contribution in [1.82, 2.24) is 10.2 Å². The topological polar surface area (TPSA) is 114 Å². The zero-order valence-corrected chi connectivity index (χ0v) is 24.1. The summed E-state index contributed by atoms with van der Waals surface area (Å²) in [5.41, 5.74) is 1.29. The molecule has 3 rings (SSSR count). The molecule has 1 aliphatic rings. The Morgan fingerprint density at radius 2 is 1.77 bits per heavy atom. The van der Waals surface area contributed by atoms with Gasteiger partial charge in [0, 0.05) is 32.1 Å². The summed E-state index contributed by atoms with van der Waals surface area (Å²) < 4.78 is 42.4. The maximum absolute atomic E-state index is 13.6. The highest BCUT2D eigenvalue weighted by molar-refractivity contribution is 7.92. The first-order chi connectivity index (χ1) is 18.5. The lowest BCUT2D eigenvalue weighted by molar-refractivity contribution is -0.141. The van der Waals surface area contributed by atoms with E-state index >= 15 is 0 Å². The molecule has 0 fully saturated rings. The average molecular weight is 562 g/mol. The summed E-state index contributed by atoms with van der Waals surface area (Å²) in [5.74, 6) is 1.57. The first kappa shape index (κ1) is 30.1. The van der Waals surface area contributed by atoms with E-state index in [0.717, 1.165) is 11.8 Å². The maximum atomic E-state index is 13.6. The van der Waals surface area contributed by atoms with Gasteiger partial charge in [-0.2, -0.15) is 0 Å². The molecule has 0 saturated heterocycles. The van der Waals surface area contributed by atoms with Gasteiger partial charge < -0.3 is 24.4 Å². The normalized spacial score (nSPS) is 13.2. The SMILES string of the molecule is CC[C@@H](C(=O)NCC(C)C)N(Cc1ccc(OC)cc1)C(=O)CCCN(c1ccc2c(c1)OCO2)S(C)(=O)=O. The Balaban J connectivity index is 1.76. The van der Waals surface area contributed by atoms with Gasteiger partial charge in [0.1, 0.15) is 11.8 Å². The number of hydrogen-bond acceptors (Lipinski definition) is 7. The van der Waals surface area contributed by atoms with E-state index in [1.54, 1.807) is 30.2 Å².